The fourth-order valence-electron chi connectivity index (χ4n) is 3.12. The van der Waals surface area contributed by atoms with Crippen LogP contribution in [0.2, 0.25) is 0 Å². The molecule has 0 atom stereocenters. The Morgan fingerprint density at radius 1 is 1.22 bits per heavy atom. The van der Waals surface area contributed by atoms with E-state index in [0.717, 1.165) is 30.4 Å². The molecule has 2 N–H and O–H groups in total. The topological polar surface area (TPSA) is 75.6 Å². The smallest absolute Gasteiger partial charge is 0.311 e. The monoisotopic (exact) mass is 319 g/mol. The molecule has 1 amide bonds. The van der Waals surface area contributed by atoms with Gasteiger partial charge in [-0.05, 0) is 38.3 Å². The number of carbonyl (C=O) groups is 2. The number of hydrogen-bond donors (Lipinski definition) is 2. The molecule has 0 aromatic heterocycles. The molecule has 5 nitrogen and oxygen atoms in total. The van der Waals surface area contributed by atoms with Gasteiger partial charge in [0.2, 0.25) is 0 Å². The zero-order chi connectivity index (χ0) is 16.9. The molecule has 1 fully saturated rings. The Balaban J connectivity index is 1.85. The molecule has 126 valence electrons. The van der Waals surface area contributed by atoms with Gasteiger partial charge in [0.25, 0.3) is 5.91 Å². The van der Waals surface area contributed by atoms with E-state index in [9.17, 15) is 14.7 Å². The summed E-state index contributed by atoms with van der Waals surface area (Å²) in [6, 6.07) is 5.77. The van der Waals surface area contributed by atoms with E-state index >= 15 is 0 Å². The standard InChI is InChI=1S/C18H25NO4/c1-13-6-7-15(14(2)10-13)23-11-16(20)19-12-18(17(21)22)8-4-3-5-9-18/h6-7,10H,3-5,8-9,11-12H2,1-2H3,(H,19,20)(H,21,22). The van der Waals surface area contributed by atoms with Crippen LogP contribution in [0.25, 0.3) is 0 Å². The van der Waals surface area contributed by atoms with Crippen molar-refractivity contribution in [3.8, 4) is 5.75 Å². The molecular weight excluding hydrogens is 294 g/mol. The first-order valence-corrected chi connectivity index (χ1v) is 8.13. The number of carboxylic acids is 1. The number of aliphatic carboxylic acids is 1. The van der Waals surface area contributed by atoms with Crippen molar-refractivity contribution < 1.29 is 19.4 Å². The Morgan fingerprint density at radius 2 is 1.91 bits per heavy atom. The van der Waals surface area contributed by atoms with Crippen LogP contribution >= 0.6 is 0 Å². The van der Waals surface area contributed by atoms with E-state index in [1.807, 2.05) is 32.0 Å². The van der Waals surface area contributed by atoms with Crippen LogP contribution in [0, 0.1) is 19.3 Å². The summed E-state index contributed by atoms with van der Waals surface area (Å²) in [5.74, 6) is -0.416. The predicted octanol–water partition coefficient (Wildman–Crippen LogP) is 2.83. The minimum absolute atomic E-state index is 0.0976. The lowest BCUT2D eigenvalue weighted by atomic mass is 9.74. The molecule has 0 heterocycles. The van der Waals surface area contributed by atoms with Gasteiger partial charge in [-0.3, -0.25) is 9.59 Å². The summed E-state index contributed by atoms with van der Waals surface area (Å²) in [4.78, 5) is 23.5. The molecule has 5 heteroatoms. The molecule has 0 spiro atoms. The lowest BCUT2D eigenvalue weighted by Gasteiger charge is -2.33. The third-order valence-corrected chi connectivity index (χ3v) is 4.58. The second-order valence-corrected chi connectivity index (χ2v) is 6.48. The Hall–Kier alpha value is -2.04. The van der Waals surface area contributed by atoms with Crippen LogP contribution in [0.15, 0.2) is 18.2 Å². The Bertz CT molecular complexity index is 576. The highest BCUT2D eigenvalue weighted by atomic mass is 16.5. The average molecular weight is 319 g/mol. The minimum atomic E-state index is -0.812. The molecule has 2 rings (SSSR count). The molecule has 23 heavy (non-hydrogen) atoms. The van der Waals surface area contributed by atoms with Crippen molar-refractivity contribution in [3.63, 3.8) is 0 Å². The van der Waals surface area contributed by atoms with Gasteiger partial charge >= 0.3 is 5.97 Å². The zero-order valence-corrected chi connectivity index (χ0v) is 13.9. The molecule has 0 aliphatic heterocycles. The summed E-state index contributed by atoms with van der Waals surface area (Å²) < 4.78 is 5.53. The number of carbonyl (C=O) groups excluding carboxylic acids is 1. The molecule has 1 saturated carbocycles. The molecule has 0 unspecified atom stereocenters. The van der Waals surface area contributed by atoms with Crippen LogP contribution in [0.4, 0.5) is 0 Å². The number of ether oxygens (including phenoxy) is 1. The van der Waals surface area contributed by atoms with Crippen LogP contribution in [0.3, 0.4) is 0 Å². The Kier molecular flexibility index (Phi) is 5.64. The van der Waals surface area contributed by atoms with Crippen molar-refractivity contribution in [1.82, 2.24) is 5.32 Å². The first-order valence-electron chi connectivity index (χ1n) is 8.13. The third kappa shape index (κ3) is 4.47. The van der Waals surface area contributed by atoms with Crippen molar-refractivity contribution >= 4 is 11.9 Å². The van der Waals surface area contributed by atoms with Gasteiger partial charge in [0.05, 0.1) is 5.41 Å². The predicted molar refractivity (Wildman–Crippen MR) is 87.6 cm³/mol. The molecule has 0 saturated heterocycles. The Morgan fingerprint density at radius 3 is 2.52 bits per heavy atom. The van der Waals surface area contributed by atoms with E-state index in [-0.39, 0.29) is 19.1 Å². The van der Waals surface area contributed by atoms with Crippen molar-refractivity contribution in [2.75, 3.05) is 13.2 Å². The first-order chi connectivity index (χ1) is 10.9. The van der Waals surface area contributed by atoms with Crippen LogP contribution in [-0.4, -0.2) is 30.1 Å². The number of carboxylic acid groups (broad SMARTS) is 1. The fraction of sp³-hybridized carbons (Fsp3) is 0.556. The Labute approximate surface area is 137 Å². The van der Waals surface area contributed by atoms with Crippen LogP contribution in [0.1, 0.15) is 43.2 Å². The zero-order valence-electron chi connectivity index (χ0n) is 13.9. The molecule has 1 aliphatic rings. The lowest BCUT2D eigenvalue weighted by molar-refractivity contribution is -0.151. The number of rotatable bonds is 6. The summed E-state index contributed by atoms with van der Waals surface area (Å²) in [5.41, 5.74) is 1.31. The first kappa shape index (κ1) is 17.3. The highest BCUT2D eigenvalue weighted by molar-refractivity contribution is 5.80. The van der Waals surface area contributed by atoms with E-state index < -0.39 is 11.4 Å². The SMILES string of the molecule is Cc1ccc(OCC(=O)NCC2(C(=O)O)CCCCC2)c(C)c1. The maximum Gasteiger partial charge on any atom is 0.311 e. The van der Waals surface area contributed by atoms with Gasteiger partial charge < -0.3 is 15.2 Å². The highest BCUT2D eigenvalue weighted by Crippen LogP contribution is 2.36. The number of amides is 1. The molecule has 1 aromatic carbocycles. The minimum Gasteiger partial charge on any atom is -0.484 e. The van der Waals surface area contributed by atoms with E-state index in [4.69, 9.17) is 4.74 Å². The van der Waals surface area contributed by atoms with Gasteiger partial charge in [-0.15, -0.1) is 0 Å². The summed E-state index contributed by atoms with van der Waals surface area (Å²) in [6.07, 6.45) is 4.13. The summed E-state index contributed by atoms with van der Waals surface area (Å²) in [7, 11) is 0. The second kappa shape index (κ2) is 7.49. The number of benzene rings is 1. The lowest BCUT2D eigenvalue weighted by Crippen LogP contribution is -2.45. The molecule has 0 bridgehead atoms. The third-order valence-electron chi connectivity index (χ3n) is 4.58. The molecular formula is C18H25NO4. The second-order valence-electron chi connectivity index (χ2n) is 6.48. The quantitative estimate of drug-likeness (QED) is 0.845. The van der Waals surface area contributed by atoms with Crippen LogP contribution < -0.4 is 10.1 Å². The van der Waals surface area contributed by atoms with Crippen LogP contribution in [-0.2, 0) is 9.59 Å². The van der Waals surface area contributed by atoms with Gasteiger partial charge in [0.15, 0.2) is 6.61 Å². The maximum atomic E-state index is 12.0. The van der Waals surface area contributed by atoms with Crippen LogP contribution in [0.5, 0.6) is 5.75 Å². The fourth-order valence-corrected chi connectivity index (χ4v) is 3.12. The number of hydrogen-bond acceptors (Lipinski definition) is 3. The van der Waals surface area contributed by atoms with Gasteiger partial charge in [-0.1, -0.05) is 37.0 Å². The van der Waals surface area contributed by atoms with E-state index in [2.05, 4.69) is 5.32 Å². The van der Waals surface area contributed by atoms with Crippen molar-refractivity contribution in [2.24, 2.45) is 5.41 Å². The maximum absolute atomic E-state index is 12.0. The molecule has 1 aliphatic carbocycles. The van der Waals surface area contributed by atoms with Crippen molar-refractivity contribution in [3.05, 3.63) is 29.3 Å². The largest absolute Gasteiger partial charge is 0.484 e. The van der Waals surface area contributed by atoms with E-state index in [1.165, 1.54) is 0 Å². The van der Waals surface area contributed by atoms with E-state index in [1.54, 1.807) is 0 Å². The molecule has 0 radical (unpaired) electrons. The highest BCUT2D eigenvalue weighted by Gasteiger charge is 2.39. The molecule has 1 aromatic rings. The van der Waals surface area contributed by atoms with Gasteiger partial charge in [0, 0.05) is 6.54 Å². The van der Waals surface area contributed by atoms with E-state index in [0.29, 0.717) is 18.6 Å². The summed E-state index contributed by atoms with van der Waals surface area (Å²) >= 11 is 0. The average Bonchev–Trinajstić information content (AvgIpc) is 2.53. The summed E-state index contributed by atoms with van der Waals surface area (Å²) in [5, 5.41) is 12.2. The normalized spacial score (nSPS) is 16.6. The van der Waals surface area contributed by atoms with Gasteiger partial charge in [-0.25, -0.2) is 0 Å². The number of aryl methyl sites for hydroxylation is 2. The van der Waals surface area contributed by atoms with Crippen molar-refractivity contribution in [2.45, 2.75) is 46.0 Å². The van der Waals surface area contributed by atoms with Gasteiger partial charge in [0.1, 0.15) is 5.75 Å². The summed E-state index contributed by atoms with van der Waals surface area (Å²) in [6.45, 7) is 4.01. The number of nitrogens with one attached hydrogen (secondary N) is 1. The van der Waals surface area contributed by atoms with Crippen molar-refractivity contribution in [1.29, 1.82) is 0 Å². The van der Waals surface area contributed by atoms with Gasteiger partial charge in [-0.2, -0.15) is 0 Å².